The van der Waals surface area contributed by atoms with E-state index in [4.69, 9.17) is 9.47 Å². The Morgan fingerprint density at radius 1 is 1.04 bits per heavy atom. The Balaban J connectivity index is 1.60. The van der Waals surface area contributed by atoms with Gasteiger partial charge in [-0.3, -0.25) is 4.79 Å². The quantitative estimate of drug-likeness (QED) is 0.674. The van der Waals surface area contributed by atoms with Crippen molar-refractivity contribution < 1.29 is 14.3 Å². The molecule has 2 aromatic rings. The van der Waals surface area contributed by atoms with Gasteiger partial charge >= 0.3 is 0 Å². The monoisotopic (exact) mass is 342 g/mol. The van der Waals surface area contributed by atoms with E-state index in [1.165, 1.54) is 5.69 Å². The third-order valence-electron chi connectivity index (χ3n) is 3.85. The first-order valence-corrected chi connectivity index (χ1v) is 8.49. The van der Waals surface area contributed by atoms with Crippen LogP contribution >= 0.6 is 0 Å². The fraction of sp³-hybridized carbons (Fsp3) is 0.350. The predicted octanol–water partition coefficient (Wildman–Crippen LogP) is 3.11. The van der Waals surface area contributed by atoms with E-state index in [9.17, 15) is 4.79 Å². The van der Waals surface area contributed by atoms with Crippen molar-refractivity contribution in [3.8, 4) is 11.5 Å². The van der Waals surface area contributed by atoms with Gasteiger partial charge in [0, 0.05) is 25.8 Å². The number of anilines is 1. The Kier molecular flexibility index (Phi) is 7.63. The molecule has 0 aromatic heterocycles. The number of nitrogens with zero attached hydrogens (tertiary/aromatic N) is 1. The minimum absolute atomic E-state index is 0.00254. The summed E-state index contributed by atoms with van der Waals surface area (Å²) in [6.45, 7) is 1.88. The van der Waals surface area contributed by atoms with Crippen LogP contribution in [-0.4, -0.2) is 39.8 Å². The van der Waals surface area contributed by atoms with E-state index in [0.29, 0.717) is 31.1 Å². The van der Waals surface area contributed by atoms with E-state index in [2.05, 4.69) is 29.4 Å². The van der Waals surface area contributed by atoms with Crippen molar-refractivity contribution in [3.63, 3.8) is 0 Å². The Morgan fingerprint density at radius 3 is 2.44 bits per heavy atom. The summed E-state index contributed by atoms with van der Waals surface area (Å²) in [6.07, 6.45) is 1.22. The summed E-state index contributed by atoms with van der Waals surface area (Å²) in [6, 6.07) is 17.6. The highest BCUT2D eigenvalue weighted by Gasteiger charge is 2.05. The lowest BCUT2D eigenvalue weighted by Gasteiger charge is -2.19. The summed E-state index contributed by atoms with van der Waals surface area (Å²) >= 11 is 0. The normalized spacial score (nSPS) is 10.2. The van der Waals surface area contributed by atoms with Crippen molar-refractivity contribution >= 4 is 11.6 Å². The second-order valence-corrected chi connectivity index (χ2v) is 5.71. The van der Waals surface area contributed by atoms with Gasteiger partial charge < -0.3 is 19.7 Å². The van der Waals surface area contributed by atoms with Crippen LogP contribution in [0, 0.1) is 0 Å². The topological polar surface area (TPSA) is 50.8 Å². The lowest BCUT2D eigenvalue weighted by atomic mass is 10.3. The van der Waals surface area contributed by atoms with Crippen LogP contribution in [0.1, 0.15) is 12.8 Å². The summed E-state index contributed by atoms with van der Waals surface area (Å²) in [7, 11) is 3.65. The standard InChI is InChI=1S/C20H26N2O3/c1-22(17-9-4-3-5-10-17)15-8-14-21-20(23)13-16-25-19-12-7-6-11-18(19)24-2/h3-7,9-12H,8,13-16H2,1-2H3,(H,21,23). The van der Waals surface area contributed by atoms with Gasteiger partial charge in [0.1, 0.15) is 0 Å². The molecular formula is C20H26N2O3. The summed E-state index contributed by atoms with van der Waals surface area (Å²) in [4.78, 5) is 14.0. The number of carbonyl (C=O) groups is 1. The molecule has 0 fully saturated rings. The molecule has 0 saturated heterocycles. The van der Waals surface area contributed by atoms with Crippen LogP contribution < -0.4 is 19.7 Å². The summed E-state index contributed by atoms with van der Waals surface area (Å²) in [5.74, 6) is 1.33. The highest BCUT2D eigenvalue weighted by molar-refractivity contribution is 5.75. The molecule has 0 aliphatic rings. The number of ether oxygens (including phenoxy) is 2. The molecule has 2 rings (SSSR count). The van der Waals surface area contributed by atoms with E-state index in [1.54, 1.807) is 7.11 Å². The first-order chi connectivity index (χ1) is 12.2. The van der Waals surface area contributed by atoms with E-state index in [1.807, 2.05) is 42.5 Å². The van der Waals surface area contributed by atoms with Gasteiger partial charge in [0.25, 0.3) is 0 Å². The maximum atomic E-state index is 11.9. The first kappa shape index (κ1) is 18.6. The molecule has 0 saturated carbocycles. The van der Waals surface area contributed by atoms with Gasteiger partial charge in [-0.2, -0.15) is 0 Å². The zero-order valence-electron chi connectivity index (χ0n) is 14.9. The maximum Gasteiger partial charge on any atom is 0.223 e. The average Bonchev–Trinajstić information content (AvgIpc) is 2.66. The second-order valence-electron chi connectivity index (χ2n) is 5.71. The number of hydrogen-bond donors (Lipinski definition) is 1. The molecule has 0 atom stereocenters. The molecule has 0 unspecified atom stereocenters. The largest absolute Gasteiger partial charge is 0.493 e. The van der Waals surface area contributed by atoms with Crippen molar-refractivity contribution in [2.75, 3.05) is 38.8 Å². The van der Waals surface area contributed by atoms with Gasteiger partial charge in [0.2, 0.25) is 5.91 Å². The Labute approximate surface area is 149 Å². The van der Waals surface area contributed by atoms with E-state index in [0.717, 1.165) is 13.0 Å². The number of rotatable bonds is 10. The van der Waals surface area contributed by atoms with Crippen molar-refractivity contribution in [1.29, 1.82) is 0 Å². The molecule has 25 heavy (non-hydrogen) atoms. The number of nitrogens with one attached hydrogen (secondary N) is 1. The minimum atomic E-state index is -0.00254. The van der Waals surface area contributed by atoms with Crippen LogP contribution in [0.5, 0.6) is 11.5 Å². The van der Waals surface area contributed by atoms with Crippen molar-refractivity contribution in [1.82, 2.24) is 5.32 Å². The van der Waals surface area contributed by atoms with Crippen LogP contribution in [-0.2, 0) is 4.79 Å². The van der Waals surface area contributed by atoms with Crippen LogP contribution in [0.2, 0.25) is 0 Å². The first-order valence-electron chi connectivity index (χ1n) is 8.49. The van der Waals surface area contributed by atoms with Gasteiger partial charge in [-0.25, -0.2) is 0 Å². The van der Waals surface area contributed by atoms with Crippen molar-refractivity contribution in [2.24, 2.45) is 0 Å². The lowest BCUT2D eigenvalue weighted by Crippen LogP contribution is -2.29. The Bertz CT molecular complexity index is 646. The zero-order valence-corrected chi connectivity index (χ0v) is 14.9. The van der Waals surface area contributed by atoms with Crippen LogP contribution in [0.4, 0.5) is 5.69 Å². The van der Waals surface area contributed by atoms with Crippen LogP contribution in [0.15, 0.2) is 54.6 Å². The van der Waals surface area contributed by atoms with Gasteiger partial charge in [0.15, 0.2) is 11.5 Å². The summed E-state index contributed by atoms with van der Waals surface area (Å²) in [5, 5.41) is 2.93. The third-order valence-corrected chi connectivity index (χ3v) is 3.85. The van der Waals surface area contributed by atoms with Crippen LogP contribution in [0.25, 0.3) is 0 Å². The van der Waals surface area contributed by atoms with Crippen LogP contribution in [0.3, 0.4) is 0 Å². The fourth-order valence-corrected chi connectivity index (χ4v) is 2.44. The zero-order chi connectivity index (χ0) is 17.9. The number of benzene rings is 2. The number of amides is 1. The van der Waals surface area contributed by atoms with Gasteiger partial charge in [-0.1, -0.05) is 30.3 Å². The molecule has 0 spiro atoms. The molecule has 0 bridgehead atoms. The molecule has 5 nitrogen and oxygen atoms in total. The highest BCUT2D eigenvalue weighted by atomic mass is 16.5. The molecule has 1 amide bonds. The maximum absolute atomic E-state index is 11.9. The third kappa shape index (κ3) is 6.37. The highest BCUT2D eigenvalue weighted by Crippen LogP contribution is 2.25. The second kappa shape index (κ2) is 10.2. The minimum Gasteiger partial charge on any atom is -0.493 e. The van der Waals surface area contributed by atoms with Crippen molar-refractivity contribution in [3.05, 3.63) is 54.6 Å². The summed E-state index contributed by atoms with van der Waals surface area (Å²) in [5.41, 5.74) is 1.18. The van der Waals surface area contributed by atoms with Gasteiger partial charge in [0.05, 0.1) is 20.1 Å². The van der Waals surface area contributed by atoms with Gasteiger partial charge in [-0.05, 0) is 30.7 Å². The summed E-state index contributed by atoms with van der Waals surface area (Å²) < 4.78 is 10.8. The number of para-hydroxylation sites is 3. The van der Waals surface area contributed by atoms with Crippen molar-refractivity contribution in [2.45, 2.75) is 12.8 Å². The SMILES string of the molecule is COc1ccccc1OCCC(=O)NCCCN(C)c1ccccc1. The molecular weight excluding hydrogens is 316 g/mol. The Morgan fingerprint density at radius 2 is 1.72 bits per heavy atom. The van der Waals surface area contributed by atoms with E-state index < -0.39 is 0 Å². The van der Waals surface area contributed by atoms with E-state index in [-0.39, 0.29) is 5.91 Å². The molecule has 0 radical (unpaired) electrons. The molecule has 5 heteroatoms. The van der Waals surface area contributed by atoms with Gasteiger partial charge in [-0.15, -0.1) is 0 Å². The average molecular weight is 342 g/mol. The number of methoxy groups -OCH3 is 1. The van der Waals surface area contributed by atoms with E-state index >= 15 is 0 Å². The Hall–Kier alpha value is -2.69. The molecule has 0 aliphatic carbocycles. The fourth-order valence-electron chi connectivity index (χ4n) is 2.44. The lowest BCUT2D eigenvalue weighted by molar-refractivity contribution is -0.121. The molecule has 0 heterocycles. The molecule has 134 valence electrons. The number of hydrogen-bond acceptors (Lipinski definition) is 4. The molecule has 2 aromatic carbocycles. The predicted molar refractivity (Wildman–Crippen MR) is 100 cm³/mol. The number of carbonyl (C=O) groups excluding carboxylic acids is 1. The molecule has 0 aliphatic heterocycles. The molecule has 1 N–H and O–H groups in total. The smallest absolute Gasteiger partial charge is 0.223 e.